The van der Waals surface area contributed by atoms with Crippen LogP contribution >= 0.6 is 24.0 Å². The van der Waals surface area contributed by atoms with Crippen molar-refractivity contribution in [1.29, 1.82) is 0 Å². The average molecular weight is 413 g/mol. The summed E-state index contributed by atoms with van der Waals surface area (Å²) in [5.74, 6) is 0.567. The van der Waals surface area contributed by atoms with Crippen LogP contribution in [0.15, 0.2) is 4.79 Å². The Kier molecular flexibility index (Phi) is 6.19. The van der Waals surface area contributed by atoms with E-state index in [1.165, 1.54) is 4.57 Å². The van der Waals surface area contributed by atoms with Crippen LogP contribution in [0.4, 0.5) is 17.5 Å². The minimum atomic E-state index is -0.659. The minimum Gasteiger partial charge on any atom is -0.394 e. The van der Waals surface area contributed by atoms with Crippen LogP contribution in [0.2, 0.25) is 0 Å². The van der Waals surface area contributed by atoms with Crippen molar-refractivity contribution in [3.63, 3.8) is 0 Å². The molecule has 0 spiro atoms. The van der Waals surface area contributed by atoms with Crippen molar-refractivity contribution < 1.29 is 14.9 Å². The second-order valence-corrected chi connectivity index (χ2v) is 4.67. The van der Waals surface area contributed by atoms with Crippen LogP contribution in [0.3, 0.4) is 0 Å². The number of aliphatic hydroxyl groups excluding tert-OH is 2. The van der Waals surface area contributed by atoms with Gasteiger partial charge < -0.3 is 30.5 Å². The Hall–Kier alpha value is -1.11. The molecule has 0 aliphatic carbocycles. The molecule has 4 N–H and O–H groups in total. The normalized spacial score (nSPS) is 13.6. The summed E-state index contributed by atoms with van der Waals surface area (Å²) in [5.41, 5.74) is 5.93. The molecule has 1 aromatic heterocycles. The molecule has 0 unspecified atom stereocenters. The van der Waals surface area contributed by atoms with E-state index in [4.69, 9.17) is 20.7 Å². The van der Waals surface area contributed by atoms with E-state index < -0.39 is 6.10 Å². The predicted octanol–water partition coefficient (Wildman–Crippen LogP) is -1.48. The lowest BCUT2D eigenvalue weighted by atomic mass is 10.4. The van der Waals surface area contributed by atoms with E-state index in [-0.39, 0.29) is 55.4 Å². The Morgan fingerprint density at radius 3 is 2.57 bits per heavy atom. The third-order valence-electron chi connectivity index (χ3n) is 3.22. The van der Waals surface area contributed by atoms with Crippen molar-refractivity contribution in [3.05, 3.63) is 10.4 Å². The van der Waals surface area contributed by atoms with Crippen molar-refractivity contribution in [1.82, 2.24) is 9.55 Å². The number of hydrogen-bond donors (Lipinski definition) is 3. The Morgan fingerprint density at radius 1 is 1.38 bits per heavy atom. The van der Waals surface area contributed by atoms with Gasteiger partial charge in [-0.3, -0.25) is 9.36 Å². The molecule has 2 rings (SSSR count). The van der Waals surface area contributed by atoms with Gasteiger partial charge in [-0.15, -0.1) is 24.0 Å². The molecular formula is C11H20IN5O4. The molecule has 1 aliphatic heterocycles. The standard InChI is InChI=1S/C11H19N5O4.HI/c1-14-5-16(6-20-7(3-17)4-18)9-8(14)10(19)15(2)11(12)13-9;/h7,17-18H,3-6H2,1-2H3,(H2,12,13);1H. The van der Waals surface area contributed by atoms with Crippen molar-refractivity contribution in [2.45, 2.75) is 6.10 Å². The van der Waals surface area contributed by atoms with Crippen LogP contribution in [-0.2, 0) is 11.8 Å². The molecule has 0 fully saturated rings. The number of ether oxygens (including phenoxy) is 1. The van der Waals surface area contributed by atoms with Gasteiger partial charge in [0.2, 0.25) is 5.95 Å². The smallest absolute Gasteiger partial charge is 0.280 e. The number of rotatable bonds is 5. The highest BCUT2D eigenvalue weighted by molar-refractivity contribution is 14.0. The molecule has 0 aromatic carbocycles. The topological polar surface area (TPSA) is 117 Å². The fraction of sp³-hybridized carbons (Fsp3) is 0.636. The number of halogens is 1. The van der Waals surface area contributed by atoms with Gasteiger partial charge in [-0.1, -0.05) is 0 Å². The van der Waals surface area contributed by atoms with Crippen molar-refractivity contribution >= 4 is 41.4 Å². The lowest BCUT2D eigenvalue weighted by Gasteiger charge is -2.21. The molecule has 2 heterocycles. The zero-order chi connectivity index (χ0) is 14.9. The van der Waals surface area contributed by atoms with Crippen LogP contribution in [-0.4, -0.2) is 59.5 Å². The van der Waals surface area contributed by atoms with Crippen LogP contribution in [0, 0.1) is 0 Å². The summed E-state index contributed by atoms with van der Waals surface area (Å²) >= 11 is 0. The number of fused-ring (bicyclic) bond motifs is 1. The molecule has 1 aromatic rings. The highest BCUT2D eigenvalue weighted by atomic mass is 127. The van der Waals surface area contributed by atoms with Gasteiger partial charge in [0.15, 0.2) is 5.82 Å². The van der Waals surface area contributed by atoms with Crippen LogP contribution in [0.5, 0.6) is 0 Å². The lowest BCUT2D eigenvalue weighted by molar-refractivity contribution is -0.0188. The summed E-state index contributed by atoms with van der Waals surface area (Å²) in [6.07, 6.45) is -0.659. The van der Waals surface area contributed by atoms with Gasteiger partial charge in [-0.05, 0) is 0 Å². The molecule has 120 valence electrons. The molecule has 0 bridgehead atoms. The highest BCUT2D eigenvalue weighted by Gasteiger charge is 2.29. The van der Waals surface area contributed by atoms with Gasteiger partial charge >= 0.3 is 0 Å². The van der Waals surface area contributed by atoms with Crippen molar-refractivity contribution in [2.24, 2.45) is 7.05 Å². The molecule has 10 heteroatoms. The summed E-state index contributed by atoms with van der Waals surface area (Å²) in [7, 11) is 3.33. The number of anilines is 3. The monoisotopic (exact) mass is 413 g/mol. The van der Waals surface area contributed by atoms with Gasteiger partial charge in [-0.25, -0.2) is 0 Å². The Morgan fingerprint density at radius 2 is 2.00 bits per heavy atom. The number of nitrogens with two attached hydrogens (primary N) is 1. The third kappa shape index (κ3) is 3.39. The minimum absolute atomic E-state index is 0. The molecule has 9 nitrogen and oxygen atoms in total. The second kappa shape index (κ2) is 7.24. The zero-order valence-corrected chi connectivity index (χ0v) is 14.2. The van der Waals surface area contributed by atoms with Crippen LogP contribution in [0.25, 0.3) is 0 Å². The first kappa shape index (κ1) is 17.9. The van der Waals surface area contributed by atoms with Gasteiger partial charge in [-0.2, -0.15) is 4.98 Å². The molecular weight excluding hydrogens is 393 g/mol. The summed E-state index contributed by atoms with van der Waals surface area (Å²) in [5, 5.41) is 17.9. The van der Waals surface area contributed by atoms with E-state index in [2.05, 4.69) is 4.98 Å². The third-order valence-corrected chi connectivity index (χ3v) is 3.22. The first-order valence-electron chi connectivity index (χ1n) is 6.15. The van der Waals surface area contributed by atoms with Gasteiger partial charge in [0.05, 0.1) is 19.9 Å². The molecule has 0 saturated carbocycles. The fourth-order valence-electron chi connectivity index (χ4n) is 2.00. The number of nitrogens with zero attached hydrogens (tertiary/aromatic N) is 4. The van der Waals surface area contributed by atoms with E-state index in [1.54, 1.807) is 23.9 Å². The van der Waals surface area contributed by atoms with E-state index in [1.807, 2.05) is 0 Å². The molecule has 1 aliphatic rings. The first-order valence-corrected chi connectivity index (χ1v) is 6.15. The number of aromatic nitrogens is 2. The molecule has 0 amide bonds. The highest BCUT2D eigenvalue weighted by Crippen LogP contribution is 2.30. The molecule has 0 radical (unpaired) electrons. The van der Waals surface area contributed by atoms with Crippen LogP contribution < -0.4 is 21.1 Å². The van der Waals surface area contributed by atoms with E-state index >= 15 is 0 Å². The Balaban J connectivity index is 0.00000220. The quantitative estimate of drug-likeness (QED) is 0.501. The molecule has 21 heavy (non-hydrogen) atoms. The maximum atomic E-state index is 12.1. The summed E-state index contributed by atoms with van der Waals surface area (Å²) in [6, 6.07) is 0. The SMILES string of the molecule is CN1CN(COC(CO)CO)c2nc(N)n(C)c(=O)c21.I. The summed E-state index contributed by atoms with van der Waals surface area (Å²) < 4.78 is 6.63. The van der Waals surface area contributed by atoms with E-state index in [0.29, 0.717) is 18.2 Å². The molecule has 0 saturated heterocycles. The first-order chi connectivity index (χ1) is 9.49. The van der Waals surface area contributed by atoms with Gasteiger partial charge in [0.1, 0.15) is 18.5 Å². The average Bonchev–Trinajstić information content (AvgIpc) is 2.74. The number of nitrogen functional groups attached to an aromatic ring is 1. The lowest BCUT2D eigenvalue weighted by Crippen LogP contribution is -2.34. The predicted molar refractivity (Wildman–Crippen MR) is 89.0 cm³/mol. The fourth-order valence-corrected chi connectivity index (χ4v) is 2.00. The Labute approximate surface area is 138 Å². The van der Waals surface area contributed by atoms with Crippen molar-refractivity contribution in [2.75, 3.05) is 49.2 Å². The molecule has 0 atom stereocenters. The summed E-state index contributed by atoms with van der Waals surface area (Å²) in [6.45, 7) is -0.0361. The summed E-state index contributed by atoms with van der Waals surface area (Å²) in [4.78, 5) is 19.8. The zero-order valence-electron chi connectivity index (χ0n) is 11.9. The van der Waals surface area contributed by atoms with Crippen LogP contribution in [0.1, 0.15) is 0 Å². The largest absolute Gasteiger partial charge is 0.394 e. The van der Waals surface area contributed by atoms with E-state index in [9.17, 15) is 4.79 Å². The Bertz CT molecular complexity index is 548. The number of hydrogen-bond acceptors (Lipinski definition) is 8. The maximum absolute atomic E-state index is 12.1. The second-order valence-electron chi connectivity index (χ2n) is 4.67. The van der Waals surface area contributed by atoms with Gasteiger partial charge in [0.25, 0.3) is 5.56 Å². The maximum Gasteiger partial charge on any atom is 0.280 e. The van der Waals surface area contributed by atoms with E-state index in [0.717, 1.165) is 0 Å². The number of aliphatic hydroxyl groups is 2. The van der Waals surface area contributed by atoms with Crippen molar-refractivity contribution in [3.8, 4) is 0 Å². The van der Waals surface area contributed by atoms with Gasteiger partial charge in [0, 0.05) is 14.1 Å².